The molecule has 0 fully saturated rings. The molecule has 150 valence electrons. The Labute approximate surface area is 165 Å². The van der Waals surface area contributed by atoms with Crippen molar-refractivity contribution in [3.05, 3.63) is 59.1 Å². The van der Waals surface area contributed by atoms with Crippen molar-refractivity contribution in [2.75, 3.05) is 42.4 Å². The Morgan fingerprint density at radius 3 is 2.11 bits per heavy atom. The fraction of sp³-hybridized carbons (Fsp3) is 0.381. The number of methoxy groups -OCH3 is 2. The maximum atomic E-state index is 12.3. The molecule has 1 unspecified atom stereocenters. The monoisotopic (exact) mass is 386 g/mol. The summed E-state index contributed by atoms with van der Waals surface area (Å²) in [5.41, 5.74) is 5.57. The molecule has 0 N–H and O–H groups in total. The molecule has 0 aromatic heterocycles. The lowest BCUT2D eigenvalue weighted by Crippen LogP contribution is -2.31. The number of allylic oxidation sites excluding steroid dienone is 2. The predicted octanol–water partition coefficient (Wildman–Crippen LogP) is 1.40. The molecule has 1 atom stereocenters. The number of ether oxygens (including phenoxy) is 2. The van der Waals surface area contributed by atoms with Crippen LogP contribution in [0.3, 0.4) is 0 Å². The number of carbonyl (C=O) groups excluding carboxylic acids is 3. The van der Waals surface area contributed by atoms with Crippen LogP contribution in [0.2, 0.25) is 0 Å². The Hall–Kier alpha value is -3.11. The Bertz CT molecular complexity index is 820. The first kappa shape index (κ1) is 22.9. The lowest BCUT2D eigenvalue weighted by molar-refractivity contribution is -0.136. The number of hydrogen-bond acceptors (Lipinski definition) is 5. The molecule has 7 heteroatoms. The lowest BCUT2D eigenvalue weighted by atomic mass is 9.85. The number of amides is 2. The van der Waals surface area contributed by atoms with Crippen molar-refractivity contribution in [2.45, 2.75) is 12.0 Å². The summed E-state index contributed by atoms with van der Waals surface area (Å²) < 4.78 is 10.4. The van der Waals surface area contributed by atoms with Gasteiger partial charge in [0.1, 0.15) is 5.60 Å². The average molecular weight is 386 g/mol. The van der Waals surface area contributed by atoms with Gasteiger partial charge in [0.15, 0.2) is 0 Å². The molecule has 0 saturated carbocycles. The van der Waals surface area contributed by atoms with Crippen molar-refractivity contribution < 1.29 is 23.9 Å². The first-order chi connectivity index (χ1) is 13.2. The minimum Gasteiger partial charge on any atom is -0.466 e. The maximum Gasteiger partial charge on any atom is 0.334 e. The first-order valence-corrected chi connectivity index (χ1v) is 8.50. The van der Waals surface area contributed by atoms with Crippen LogP contribution in [-0.4, -0.2) is 75.6 Å². The number of rotatable bonds is 6. The van der Waals surface area contributed by atoms with Crippen molar-refractivity contribution in [1.82, 2.24) is 9.80 Å². The van der Waals surface area contributed by atoms with E-state index in [1.807, 2.05) is 0 Å². The van der Waals surface area contributed by atoms with Crippen molar-refractivity contribution in [2.24, 2.45) is 0 Å². The van der Waals surface area contributed by atoms with Crippen LogP contribution in [0.5, 0.6) is 0 Å². The maximum absolute atomic E-state index is 12.3. The van der Waals surface area contributed by atoms with Crippen LogP contribution < -0.4 is 0 Å². The molecule has 28 heavy (non-hydrogen) atoms. The minimum atomic E-state index is -0.951. The van der Waals surface area contributed by atoms with Gasteiger partial charge in [-0.3, -0.25) is 9.59 Å². The van der Waals surface area contributed by atoms with Gasteiger partial charge in [-0.25, -0.2) is 4.79 Å². The van der Waals surface area contributed by atoms with Crippen LogP contribution in [0.4, 0.5) is 0 Å². The topological polar surface area (TPSA) is 76.2 Å². The summed E-state index contributed by atoms with van der Waals surface area (Å²) in [5, 5.41) is 0. The third kappa shape index (κ3) is 6.25. The summed E-state index contributed by atoms with van der Waals surface area (Å²) in [6, 6.07) is 0. The van der Waals surface area contributed by atoms with Crippen LogP contribution in [0.15, 0.2) is 59.1 Å². The van der Waals surface area contributed by atoms with Gasteiger partial charge < -0.3 is 19.3 Å². The molecule has 1 rings (SSSR count). The number of esters is 1. The molecule has 0 saturated heterocycles. The first-order valence-electron chi connectivity index (χ1n) is 8.50. The fourth-order valence-corrected chi connectivity index (χ4v) is 2.23. The highest BCUT2D eigenvalue weighted by molar-refractivity contribution is 5.92. The largest absolute Gasteiger partial charge is 0.466 e. The predicted molar refractivity (Wildman–Crippen MR) is 105 cm³/mol. The fourth-order valence-electron chi connectivity index (χ4n) is 2.23. The zero-order valence-corrected chi connectivity index (χ0v) is 17.1. The van der Waals surface area contributed by atoms with Crippen molar-refractivity contribution >= 4 is 17.8 Å². The highest BCUT2D eigenvalue weighted by Crippen LogP contribution is 2.32. The molecule has 2 amide bonds. The van der Waals surface area contributed by atoms with Crippen molar-refractivity contribution in [1.29, 1.82) is 0 Å². The molecule has 0 radical (unpaired) electrons. The van der Waals surface area contributed by atoms with Crippen molar-refractivity contribution in [3.63, 3.8) is 0 Å². The summed E-state index contributed by atoms with van der Waals surface area (Å²) in [6.45, 7) is 0. The second-order valence-corrected chi connectivity index (χ2v) is 6.47. The Morgan fingerprint density at radius 2 is 1.61 bits per heavy atom. The van der Waals surface area contributed by atoms with Crippen LogP contribution in [0.1, 0.15) is 6.42 Å². The number of carbonyl (C=O) groups is 3. The van der Waals surface area contributed by atoms with Gasteiger partial charge in [0.2, 0.25) is 0 Å². The molecule has 0 bridgehead atoms. The molecular weight excluding hydrogens is 360 g/mol. The van der Waals surface area contributed by atoms with Gasteiger partial charge in [-0.1, -0.05) is 6.08 Å². The van der Waals surface area contributed by atoms with E-state index >= 15 is 0 Å². The summed E-state index contributed by atoms with van der Waals surface area (Å²) in [7, 11) is 9.33. The van der Waals surface area contributed by atoms with E-state index in [1.54, 1.807) is 52.5 Å². The van der Waals surface area contributed by atoms with Crippen LogP contribution in [0.25, 0.3) is 0 Å². The summed E-state index contributed by atoms with van der Waals surface area (Å²) in [6.07, 6.45) is 9.32. The van der Waals surface area contributed by atoms with E-state index in [-0.39, 0.29) is 18.2 Å². The summed E-state index contributed by atoms with van der Waals surface area (Å²) in [5.74, 6) is -0.953. The number of likely N-dealkylation sites (N-methyl/N-ethyl adjacent to an activating group) is 2. The smallest absolute Gasteiger partial charge is 0.334 e. The van der Waals surface area contributed by atoms with Crippen LogP contribution in [-0.2, 0) is 23.9 Å². The van der Waals surface area contributed by atoms with E-state index in [9.17, 15) is 14.4 Å². The number of hydrogen-bond donors (Lipinski definition) is 0. The van der Waals surface area contributed by atoms with E-state index in [4.69, 9.17) is 9.47 Å². The summed E-state index contributed by atoms with van der Waals surface area (Å²) >= 11 is 0. The molecular formula is C21H26N2O5. The van der Waals surface area contributed by atoms with Gasteiger partial charge in [0.05, 0.1) is 7.11 Å². The van der Waals surface area contributed by atoms with Gasteiger partial charge in [0, 0.05) is 59.4 Å². The highest BCUT2D eigenvalue weighted by atomic mass is 16.5. The highest BCUT2D eigenvalue weighted by Gasteiger charge is 2.32. The SMILES string of the molecule is COC(=O)C1=C(C=C=CC(=O)N(C)C)C=CC(C=C=CC(=O)N(C)C)(OC)C1. The van der Waals surface area contributed by atoms with E-state index < -0.39 is 11.6 Å². The van der Waals surface area contributed by atoms with Gasteiger partial charge in [-0.15, -0.1) is 11.5 Å². The molecule has 0 aliphatic heterocycles. The van der Waals surface area contributed by atoms with Crippen molar-refractivity contribution in [3.8, 4) is 0 Å². The molecule has 0 heterocycles. The van der Waals surface area contributed by atoms with E-state index in [0.29, 0.717) is 11.1 Å². The third-order valence-electron chi connectivity index (χ3n) is 4.02. The zero-order chi connectivity index (χ0) is 21.3. The van der Waals surface area contributed by atoms with E-state index in [1.165, 1.54) is 36.2 Å². The normalized spacial score (nSPS) is 17.6. The van der Waals surface area contributed by atoms with Crippen LogP contribution in [0, 0.1) is 0 Å². The second-order valence-electron chi connectivity index (χ2n) is 6.47. The molecule has 0 spiro atoms. The molecule has 1 aliphatic rings. The number of nitrogens with zero attached hydrogens (tertiary/aromatic N) is 2. The zero-order valence-electron chi connectivity index (χ0n) is 17.1. The summed E-state index contributed by atoms with van der Waals surface area (Å²) in [4.78, 5) is 38.4. The van der Waals surface area contributed by atoms with Crippen LogP contribution >= 0.6 is 0 Å². The van der Waals surface area contributed by atoms with Gasteiger partial charge in [-0.05, 0) is 23.8 Å². The quantitative estimate of drug-likeness (QED) is 0.392. The third-order valence-corrected chi connectivity index (χ3v) is 4.02. The van der Waals surface area contributed by atoms with E-state index in [2.05, 4.69) is 11.5 Å². The molecule has 7 nitrogen and oxygen atoms in total. The standard InChI is InChI=1S/C21H26N2O5/c1-22(2)18(24)10-7-9-16-12-14-21(28-6,15-17(16)20(26)27-5)13-8-11-19(25)23(3)4/h9-14H,15H2,1-6H3. The molecule has 0 aromatic carbocycles. The van der Waals surface area contributed by atoms with Gasteiger partial charge >= 0.3 is 5.97 Å². The van der Waals surface area contributed by atoms with Gasteiger partial charge in [-0.2, -0.15) is 0 Å². The molecule has 1 aliphatic carbocycles. The average Bonchev–Trinajstić information content (AvgIpc) is 2.67. The molecule has 0 aromatic rings. The Morgan fingerprint density at radius 1 is 1.04 bits per heavy atom. The minimum absolute atomic E-state index is 0.179. The van der Waals surface area contributed by atoms with Gasteiger partial charge in [0.25, 0.3) is 11.8 Å². The van der Waals surface area contributed by atoms with E-state index in [0.717, 1.165) is 0 Å². The second kappa shape index (κ2) is 10.3. The Kier molecular flexibility index (Phi) is 8.42. The Balaban J connectivity index is 3.26. The lowest BCUT2D eigenvalue weighted by Gasteiger charge is -2.29.